The van der Waals surface area contributed by atoms with Crippen molar-refractivity contribution in [1.29, 1.82) is 0 Å². The average molecular weight is 515 g/mol. The minimum Gasteiger partial charge on any atom is -0.357 e. The number of halogens is 1. The quantitative estimate of drug-likeness (QED) is 0.215. The van der Waals surface area contributed by atoms with Crippen LogP contribution in [0.4, 0.5) is 0 Å². The van der Waals surface area contributed by atoms with Gasteiger partial charge in [0.15, 0.2) is 5.96 Å². The van der Waals surface area contributed by atoms with Crippen molar-refractivity contribution in [2.24, 2.45) is 10.9 Å². The number of nitrogens with one attached hydrogen (secondary N) is 3. The summed E-state index contributed by atoms with van der Waals surface area (Å²) in [4.78, 5) is 18.8. The van der Waals surface area contributed by atoms with Crippen LogP contribution >= 0.6 is 24.0 Å². The summed E-state index contributed by atoms with van der Waals surface area (Å²) in [5.74, 6) is 0.933. The number of benzene rings is 1. The molecule has 0 radical (unpaired) electrons. The predicted octanol–water partition coefficient (Wildman–Crippen LogP) is 3.16. The molecule has 1 unspecified atom stereocenters. The van der Waals surface area contributed by atoms with Crippen molar-refractivity contribution >= 4 is 35.8 Å². The lowest BCUT2D eigenvalue weighted by molar-refractivity contribution is -0.123. The molecule has 6 nitrogen and oxygen atoms in total. The molecule has 1 atom stereocenters. The van der Waals surface area contributed by atoms with Crippen LogP contribution in [0.15, 0.2) is 35.3 Å². The van der Waals surface area contributed by atoms with Crippen molar-refractivity contribution in [3.05, 3.63) is 35.9 Å². The van der Waals surface area contributed by atoms with E-state index < -0.39 is 0 Å². The number of nitrogens with zero attached hydrogens (tertiary/aromatic N) is 2. The van der Waals surface area contributed by atoms with Gasteiger partial charge in [0.1, 0.15) is 0 Å². The molecule has 0 aliphatic carbocycles. The summed E-state index contributed by atoms with van der Waals surface area (Å²) in [7, 11) is 0. The highest BCUT2D eigenvalue weighted by atomic mass is 127. The molecule has 7 heteroatoms. The molecule has 3 N–H and O–H groups in total. The van der Waals surface area contributed by atoms with Crippen LogP contribution in [0.25, 0.3) is 0 Å². The second-order valence-electron chi connectivity index (χ2n) is 7.75. The van der Waals surface area contributed by atoms with Gasteiger partial charge in [-0.2, -0.15) is 0 Å². The van der Waals surface area contributed by atoms with E-state index in [1.54, 1.807) is 0 Å². The number of piperidine rings is 1. The van der Waals surface area contributed by atoms with Gasteiger partial charge < -0.3 is 16.0 Å². The summed E-state index contributed by atoms with van der Waals surface area (Å²) < 4.78 is 0. The lowest BCUT2D eigenvalue weighted by atomic mass is 10.0. The van der Waals surface area contributed by atoms with Gasteiger partial charge in [0.2, 0.25) is 5.91 Å². The van der Waals surface area contributed by atoms with E-state index in [4.69, 9.17) is 0 Å². The highest BCUT2D eigenvalue weighted by Gasteiger charge is 2.23. The standard InChI is InChI=1S/C22H37N5O.HI/c1-5-23-22(25-14-13-24-21(28)17(2)3)26-20-11-15-27(16-12-20)18(4)19-9-7-6-8-10-19;/h6-10,17-18,20H,5,11-16H2,1-4H3,(H,24,28)(H2,23,25,26);1H. The van der Waals surface area contributed by atoms with E-state index in [9.17, 15) is 4.79 Å². The molecule has 1 fully saturated rings. The minimum absolute atomic E-state index is 0. The third kappa shape index (κ3) is 8.90. The van der Waals surface area contributed by atoms with Gasteiger partial charge in [-0.15, -0.1) is 24.0 Å². The third-order valence-corrected chi connectivity index (χ3v) is 5.25. The molecule has 1 aliphatic rings. The SMILES string of the molecule is CCNC(=NCCNC(=O)C(C)C)NC1CCN(C(C)c2ccccc2)CC1.I. The Labute approximate surface area is 193 Å². The largest absolute Gasteiger partial charge is 0.357 e. The average Bonchev–Trinajstić information content (AvgIpc) is 2.71. The van der Waals surface area contributed by atoms with Gasteiger partial charge in [0, 0.05) is 44.2 Å². The first-order valence-electron chi connectivity index (χ1n) is 10.6. The topological polar surface area (TPSA) is 68.8 Å². The molecule has 29 heavy (non-hydrogen) atoms. The predicted molar refractivity (Wildman–Crippen MR) is 132 cm³/mol. The fourth-order valence-electron chi connectivity index (χ4n) is 3.44. The van der Waals surface area contributed by atoms with Crippen molar-refractivity contribution in [3.8, 4) is 0 Å². The maximum Gasteiger partial charge on any atom is 0.222 e. The zero-order valence-corrected chi connectivity index (χ0v) is 20.6. The van der Waals surface area contributed by atoms with Crippen molar-refractivity contribution in [3.63, 3.8) is 0 Å². The number of carbonyl (C=O) groups is 1. The second-order valence-corrected chi connectivity index (χ2v) is 7.75. The normalized spacial score (nSPS) is 16.8. The molecule has 2 rings (SSSR count). The molecule has 1 aliphatic heterocycles. The first-order valence-corrected chi connectivity index (χ1v) is 10.6. The molecule has 0 spiro atoms. The fraction of sp³-hybridized carbons (Fsp3) is 0.636. The van der Waals surface area contributed by atoms with Crippen LogP contribution in [-0.2, 0) is 4.79 Å². The summed E-state index contributed by atoms with van der Waals surface area (Å²) in [5.41, 5.74) is 1.38. The first kappa shape index (κ1) is 25.7. The molecular weight excluding hydrogens is 477 g/mol. The van der Waals surface area contributed by atoms with E-state index in [-0.39, 0.29) is 35.8 Å². The lowest BCUT2D eigenvalue weighted by Gasteiger charge is -2.37. The maximum atomic E-state index is 11.6. The van der Waals surface area contributed by atoms with Gasteiger partial charge in [0.05, 0.1) is 6.54 Å². The number of aliphatic imine (C=N–C) groups is 1. The molecule has 0 aromatic heterocycles. The Kier molecular flexibility index (Phi) is 12.2. The lowest BCUT2D eigenvalue weighted by Crippen LogP contribution is -2.49. The molecule has 1 aromatic rings. The van der Waals surface area contributed by atoms with Crippen molar-refractivity contribution < 1.29 is 4.79 Å². The highest BCUT2D eigenvalue weighted by molar-refractivity contribution is 14.0. The summed E-state index contributed by atoms with van der Waals surface area (Å²) >= 11 is 0. The fourth-order valence-corrected chi connectivity index (χ4v) is 3.44. The van der Waals surface area contributed by atoms with Gasteiger partial charge in [-0.3, -0.25) is 14.7 Å². The van der Waals surface area contributed by atoms with Gasteiger partial charge in [-0.05, 0) is 32.3 Å². The Hall–Kier alpha value is -1.35. The molecular formula is C22H38IN5O. The number of amides is 1. The van der Waals surface area contributed by atoms with E-state index in [2.05, 4.69) is 70.0 Å². The Bertz CT molecular complexity index is 615. The van der Waals surface area contributed by atoms with E-state index in [0.29, 0.717) is 25.2 Å². The summed E-state index contributed by atoms with van der Waals surface area (Å²) in [6, 6.07) is 11.6. The first-order chi connectivity index (χ1) is 13.5. The van der Waals surface area contributed by atoms with Gasteiger partial charge in [0.25, 0.3) is 0 Å². The van der Waals surface area contributed by atoms with E-state index in [1.807, 2.05) is 13.8 Å². The smallest absolute Gasteiger partial charge is 0.222 e. The number of likely N-dealkylation sites (tertiary alicyclic amines) is 1. The number of guanidine groups is 1. The molecule has 1 heterocycles. The van der Waals surface area contributed by atoms with Crippen molar-refractivity contribution in [1.82, 2.24) is 20.9 Å². The van der Waals surface area contributed by atoms with Crippen molar-refractivity contribution in [2.45, 2.75) is 52.6 Å². The second kappa shape index (κ2) is 13.8. The van der Waals surface area contributed by atoms with Crippen molar-refractivity contribution in [2.75, 3.05) is 32.7 Å². The number of hydrogen-bond acceptors (Lipinski definition) is 3. The number of hydrogen-bond donors (Lipinski definition) is 3. The van der Waals surface area contributed by atoms with Crippen LogP contribution < -0.4 is 16.0 Å². The number of carbonyl (C=O) groups excluding carboxylic acids is 1. The minimum atomic E-state index is 0. The van der Waals surface area contributed by atoms with Crippen LogP contribution in [0.1, 0.15) is 52.1 Å². The Balaban J connectivity index is 0.00000420. The summed E-state index contributed by atoms with van der Waals surface area (Å²) in [6.07, 6.45) is 2.21. The molecule has 1 amide bonds. The molecule has 164 valence electrons. The summed E-state index contributed by atoms with van der Waals surface area (Å²) in [6.45, 7) is 12.3. The Morgan fingerprint density at radius 2 is 1.79 bits per heavy atom. The van der Waals surface area contributed by atoms with E-state index in [1.165, 1.54) is 5.56 Å². The molecule has 0 bridgehead atoms. The maximum absolute atomic E-state index is 11.6. The zero-order chi connectivity index (χ0) is 20.4. The monoisotopic (exact) mass is 515 g/mol. The Morgan fingerprint density at radius 3 is 2.38 bits per heavy atom. The third-order valence-electron chi connectivity index (χ3n) is 5.25. The van der Waals surface area contributed by atoms with E-state index >= 15 is 0 Å². The molecule has 1 saturated heterocycles. The van der Waals surface area contributed by atoms with Gasteiger partial charge in [-0.25, -0.2) is 0 Å². The molecule has 1 aromatic carbocycles. The Morgan fingerprint density at radius 1 is 1.14 bits per heavy atom. The highest BCUT2D eigenvalue weighted by Crippen LogP contribution is 2.23. The van der Waals surface area contributed by atoms with Crippen LogP contribution in [0.2, 0.25) is 0 Å². The van der Waals surface area contributed by atoms with Crippen LogP contribution in [0.5, 0.6) is 0 Å². The van der Waals surface area contributed by atoms with Gasteiger partial charge >= 0.3 is 0 Å². The van der Waals surface area contributed by atoms with Crippen LogP contribution in [0.3, 0.4) is 0 Å². The van der Waals surface area contributed by atoms with Crippen LogP contribution in [-0.4, -0.2) is 55.5 Å². The van der Waals surface area contributed by atoms with Crippen LogP contribution in [0, 0.1) is 5.92 Å². The summed E-state index contributed by atoms with van der Waals surface area (Å²) in [5, 5.41) is 9.79. The number of rotatable bonds is 8. The van der Waals surface area contributed by atoms with E-state index in [0.717, 1.165) is 38.4 Å². The molecule has 0 saturated carbocycles. The van der Waals surface area contributed by atoms with Gasteiger partial charge in [-0.1, -0.05) is 44.2 Å². The zero-order valence-electron chi connectivity index (χ0n) is 18.3.